The van der Waals surface area contributed by atoms with Gasteiger partial charge in [0, 0.05) is 50.1 Å². The minimum absolute atomic E-state index is 0.0961. The Kier molecular flexibility index (Phi) is 6.74. The minimum atomic E-state index is -0.469. The molecule has 0 spiro atoms. The summed E-state index contributed by atoms with van der Waals surface area (Å²) in [6.45, 7) is 7.55. The van der Waals surface area contributed by atoms with E-state index in [1.165, 1.54) is 0 Å². The zero-order chi connectivity index (χ0) is 18.3. The van der Waals surface area contributed by atoms with Crippen LogP contribution in [0.3, 0.4) is 0 Å². The first kappa shape index (κ1) is 19.6. The zero-order valence-corrected chi connectivity index (χ0v) is 15.1. The van der Waals surface area contributed by atoms with E-state index >= 15 is 0 Å². The van der Waals surface area contributed by atoms with Gasteiger partial charge in [0.25, 0.3) is 0 Å². The predicted molar refractivity (Wildman–Crippen MR) is 93.9 cm³/mol. The maximum atomic E-state index is 12.1. The van der Waals surface area contributed by atoms with Crippen LogP contribution < -0.4 is 31.9 Å². The number of carbonyl (C=O) groups is 3. The fourth-order valence-electron chi connectivity index (χ4n) is 2.93. The number of hydrogen-bond donors (Lipinski definition) is 6. The van der Waals surface area contributed by atoms with Gasteiger partial charge >= 0.3 is 0 Å². The van der Waals surface area contributed by atoms with Crippen LogP contribution in [0.2, 0.25) is 0 Å². The van der Waals surface area contributed by atoms with E-state index in [-0.39, 0.29) is 42.8 Å². The maximum Gasteiger partial charge on any atom is 0.233 e. The Balaban J connectivity index is 2.22. The fourth-order valence-corrected chi connectivity index (χ4v) is 2.93. The number of hydrogen-bond acceptors (Lipinski definition) is 6. The molecule has 9 heteroatoms. The first-order valence-electron chi connectivity index (χ1n) is 8.73. The molecule has 3 saturated heterocycles. The van der Waals surface area contributed by atoms with Gasteiger partial charge in [-0.15, -0.1) is 0 Å². The topological polar surface area (TPSA) is 123 Å². The number of fused-ring (bicyclic) bond motifs is 15. The van der Waals surface area contributed by atoms with E-state index in [0.29, 0.717) is 39.3 Å². The molecule has 3 rings (SSSR count). The molecule has 3 aliphatic rings. The van der Waals surface area contributed by atoms with Crippen LogP contribution in [0.25, 0.3) is 0 Å². The van der Waals surface area contributed by atoms with Crippen LogP contribution in [0.5, 0.6) is 0 Å². The smallest absolute Gasteiger partial charge is 0.233 e. The van der Waals surface area contributed by atoms with Crippen molar-refractivity contribution in [3.63, 3.8) is 0 Å². The molecule has 3 fully saturated rings. The fraction of sp³-hybridized carbons (Fsp3) is 0.812. The Hall–Kier alpha value is -1.71. The van der Waals surface area contributed by atoms with E-state index in [9.17, 15) is 14.4 Å². The van der Waals surface area contributed by atoms with Crippen molar-refractivity contribution in [1.29, 1.82) is 0 Å². The second-order valence-corrected chi connectivity index (χ2v) is 7.76. The van der Waals surface area contributed by atoms with Crippen molar-refractivity contribution in [3.8, 4) is 0 Å². The second-order valence-electron chi connectivity index (χ2n) is 7.76. The Morgan fingerprint density at radius 2 is 0.840 bits per heavy atom. The van der Waals surface area contributed by atoms with Gasteiger partial charge in [0.1, 0.15) is 0 Å². The van der Waals surface area contributed by atoms with Crippen LogP contribution in [0.1, 0.15) is 13.8 Å². The summed E-state index contributed by atoms with van der Waals surface area (Å²) in [4.78, 5) is 36.2. The molecule has 25 heavy (non-hydrogen) atoms. The van der Waals surface area contributed by atoms with E-state index in [1.54, 1.807) is 0 Å². The quantitative estimate of drug-likeness (QED) is 0.278. The van der Waals surface area contributed by atoms with Crippen molar-refractivity contribution in [2.45, 2.75) is 13.8 Å². The van der Waals surface area contributed by atoms with Gasteiger partial charge in [0.15, 0.2) is 0 Å². The van der Waals surface area contributed by atoms with Gasteiger partial charge in [0.2, 0.25) is 17.7 Å². The molecule has 0 atom stereocenters. The van der Waals surface area contributed by atoms with Crippen molar-refractivity contribution >= 4 is 17.7 Å². The maximum absolute atomic E-state index is 12.1. The number of nitrogens with one attached hydrogen (secondary N) is 6. The molecule has 9 nitrogen and oxygen atoms in total. The molecule has 0 radical (unpaired) electrons. The first-order valence-corrected chi connectivity index (χ1v) is 8.73. The van der Waals surface area contributed by atoms with Crippen molar-refractivity contribution in [2.75, 3.05) is 58.9 Å². The van der Waals surface area contributed by atoms with Crippen LogP contribution in [-0.4, -0.2) is 76.6 Å². The van der Waals surface area contributed by atoms with Crippen LogP contribution in [-0.2, 0) is 14.4 Å². The summed E-state index contributed by atoms with van der Waals surface area (Å²) < 4.78 is 0. The molecule has 6 N–H and O–H groups in total. The minimum Gasteiger partial charge on any atom is -0.354 e. The molecule has 0 saturated carbocycles. The molecule has 3 aliphatic heterocycles. The first-order chi connectivity index (χ1) is 11.8. The Morgan fingerprint density at radius 3 is 1.16 bits per heavy atom. The lowest BCUT2D eigenvalue weighted by atomic mass is 9.89. The lowest BCUT2D eigenvalue weighted by molar-refractivity contribution is -0.121. The van der Waals surface area contributed by atoms with Crippen LogP contribution in [0.4, 0.5) is 0 Å². The van der Waals surface area contributed by atoms with Gasteiger partial charge in [-0.05, 0) is 0 Å². The third-order valence-electron chi connectivity index (χ3n) is 4.65. The largest absolute Gasteiger partial charge is 0.354 e. The van der Waals surface area contributed by atoms with Crippen LogP contribution >= 0.6 is 0 Å². The highest BCUT2D eigenvalue weighted by Crippen LogP contribution is 2.14. The summed E-state index contributed by atoms with van der Waals surface area (Å²) in [5, 5.41) is 18.2. The summed E-state index contributed by atoms with van der Waals surface area (Å²) in [6, 6.07) is 0. The van der Waals surface area contributed by atoms with Crippen molar-refractivity contribution in [1.82, 2.24) is 31.9 Å². The molecule has 3 heterocycles. The van der Waals surface area contributed by atoms with Gasteiger partial charge in [-0.1, -0.05) is 13.8 Å². The SMILES string of the molecule is CC12CNCC(=O)NCC(C)(CNC(=O)CNC1)CNC(=O)CNC2. The number of amides is 3. The van der Waals surface area contributed by atoms with E-state index in [0.717, 1.165) is 0 Å². The van der Waals surface area contributed by atoms with Gasteiger partial charge in [0.05, 0.1) is 19.6 Å². The molecule has 3 amide bonds. The molecular formula is C16H30N6O3. The van der Waals surface area contributed by atoms with Crippen molar-refractivity contribution < 1.29 is 14.4 Å². The third kappa shape index (κ3) is 6.60. The normalized spacial score (nSPS) is 33.6. The summed E-state index contributed by atoms with van der Waals surface area (Å²) >= 11 is 0. The summed E-state index contributed by atoms with van der Waals surface area (Å²) in [7, 11) is 0. The number of carbonyl (C=O) groups excluding carboxylic acids is 3. The van der Waals surface area contributed by atoms with Gasteiger partial charge in [-0.3, -0.25) is 14.4 Å². The molecule has 0 aliphatic carbocycles. The Morgan fingerprint density at radius 1 is 0.560 bits per heavy atom. The molecular weight excluding hydrogens is 324 g/mol. The summed E-state index contributed by atoms with van der Waals surface area (Å²) in [6.07, 6.45) is 0. The standard InChI is InChI=1S/C16H30N6O3/c1-15-6-17-3-12(23)20-9-16(2,10-21-13(24)4-18-7-15)11-22-14(25)5-19-8-15/h17-19H,3-11H2,1-2H3,(H,20,23)(H,21,24)(H,22,25). The molecule has 0 unspecified atom stereocenters. The predicted octanol–water partition coefficient (Wildman–Crippen LogP) is -2.86. The lowest BCUT2D eigenvalue weighted by Gasteiger charge is -2.34. The summed E-state index contributed by atoms with van der Waals surface area (Å²) in [5.74, 6) is -0.288. The van der Waals surface area contributed by atoms with Gasteiger partial charge in [-0.2, -0.15) is 0 Å². The van der Waals surface area contributed by atoms with E-state index in [1.807, 2.05) is 13.8 Å². The monoisotopic (exact) mass is 354 g/mol. The zero-order valence-electron chi connectivity index (χ0n) is 15.1. The summed E-state index contributed by atoms with van der Waals surface area (Å²) in [5.41, 5.74) is -0.715. The highest BCUT2D eigenvalue weighted by atomic mass is 16.2. The van der Waals surface area contributed by atoms with Crippen LogP contribution in [0, 0.1) is 10.8 Å². The van der Waals surface area contributed by atoms with E-state index < -0.39 is 5.41 Å². The number of rotatable bonds is 0. The molecule has 142 valence electrons. The average Bonchev–Trinajstić information content (AvgIpc) is 2.55. The lowest BCUT2D eigenvalue weighted by Crippen LogP contribution is -2.56. The molecule has 0 aromatic heterocycles. The molecule has 2 bridgehead atoms. The Labute approximate surface area is 148 Å². The Bertz CT molecular complexity index is 443. The van der Waals surface area contributed by atoms with E-state index in [2.05, 4.69) is 31.9 Å². The molecule has 0 aromatic carbocycles. The van der Waals surface area contributed by atoms with Crippen molar-refractivity contribution in [3.05, 3.63) is 0 Å². The van der Waals surface area contributed by atoms with E-state index in [4.69, 9.17) is 0 Å². The third-order valence-corrected chi connectivity index (χ3v) is 4.65. The highest BCUT2D eigenvalue weighted by Gasteiger charge is 2.29. The van der Waals surface area contributed by atoms with Crippen molar-refractivity contribution in [2.24, 2.45) is 10.8 Å². The van der Waals surface area contributed by atoms with Gasteiger partial charge < -0.3 is 31.9 Å². The van der Waals surface area contributed by atoms with Gasteiger partial charge in [-0.25, -0.2) is 0 Å². The van der Waals surface area contributed by atoms with Crippen LogP contribution in [0.15, 0.2) is 0 Å². The highest BCUT2D eigenvalue weighted by molar-refractivity contribution is 5.79. The second kappa shape index (κ2) is 8.59. The average molecular weight is 354 g/mol. The molecule has 0 aromatic rings.